The van der Waals surface area contributed by atoms with Gasteiger partial charge in [0.05, 0.1) is 17.6 Å². The predicted molar refractivity (Wildman–Crippen MR) is 128 cm³/mol. The van der Waals surface area contributed by atoms with Gasteiger partial charge >= 0.3 is 0 Å². The molecule has 0 bridgehead atoms. The Hall–Kier alpha value is -3.72. The lowest BCUT2D eigenvalue weighted by Crippen LogP contribution is -2.31. The monoisotopic (exact) mass is 460 g/mol. The average molecular weight is 461 g/mol. The molecule has 1 N–H and O–H groups in total. The van der Waals surface area contributed by atoms with Gasteiger partial charge < -0.3 is 14.5 Å². The van der Waals surface area contributed by atoms with Gasteiger partial charge in [-0.15, -0.1) is 5.10 Å². The van der Waals surface area contributed by atoms with Crippen LogP contribution in [0.4, 0.5) is 0 Å². The summed E-state index contributed by atoms with van der Waals surface area (Å²) in [7, 11) is 0. The Morgan fingerprint density at radius 1 is 1.03 bits per heavy atom. The van der Waals surface area contributed by atoms with Crippen LogP contribution in [0.25, 0.3) is 10.9 Å². The van der Waals surface area contributed by atoms with E-state index in [0.29, 0.717) is 36.7 Å². The Bertz CT molecular complexity index is 1380. The van der Waals surface area contributed by atoms with Crippen LogP contribution in [0.5, 0.6) is 11.5 Å². The molecule has 176 valence electrons. The Labute approximate surface area is 197 Å². The Kier molecular flexibility index (Phi) is 5.57. The summed E-state index contributed by atoms with van der Waals surface area (Å²) in [5.74, 6) is 2.08. The molecule has 9 heteroatoms. The Morgan fingerprint density at radius 3 is 2.50 bits per heavy atom. The van der Waals surface area contributed by atoms with Crippen LogP contribution in [-0.4, -0.2) is 36.9 Å². The molecule has 4 aromatic rings. The van der Waals surface area contributed by atoms with Crippen molar-refractivity contribution in [2.45, 2.75) is 52.9 Å². The number of hydrogen-bond acceptors (Lipinski definition) is 7. The molecule has 1 aliphatic heterocycles. The Balaban J connectivity index is 1.48. The fraction of sp³-hybridized carbons (Fsp3) is 0.360. The number of aromatic amines is 1. The molecule has 0 unspecified atom stereocenters. The van der Waals surface area contributed by atoms with Crippen molar-refractivity contribution in [1.82, 2.24) is 30.1 Å². The maximum atomic E-state index is 13.0. The molecular weight excluding hydrogens is 432 g/mol. The maximum absolute atomic E-state index is 13.0. The minimum Gasteiger partial charge on any atom is -0.454 e. The number of aryl methyl sites for hydroxylation is 1. The van der Waals surface area contributed by atoms with Crippen molar-refractivity contribution in [3.05, 3.63) is 75.3 Å². The molecule has 34 heavy (non-hydrogen) atoms. The number of pyridine rings is 1. The van der Waals surface area contributed by atoms with Crippen LogP contribution in [0.15, 0.2) is 47.3 Å². The third-order valence-corrected chi connectivity index (χ3v) is 5.87. The molecular formula is C25H28N6O3. The summed E-state index contributed by atoms with van der Waals surface area (Å²) in [6.45, 7) is 10.0. The second kappa shape index (κ2) is 8.57. The molecule has 0 aliphatic carbocycles. The first-order chi connectivity index (χ1) is 16.3. The smallest absolute Gasteiger partial charge is 0.252 e. The van der Waals surface area contributed by atoms with Crippen molar-refractivity contribution in [2.24, 2.45) is 0 Å². The molecule has 0 spiro atoms. The molecule has 9 nitrogen and oxygen atoms in total. The summed E-state index contributed by atoms with van der Waals surface area (Å²) >= 11 is 0. The van der Waals surface area contributed by atoms with E-state index < -0.39 is 0 Å². The highest BCUT2D eigenvalue weighted by atomic mass is 16.7. The minimum atomic E-state index is -0.253. The van der Waals surface area contributed by atoms with Crippen molar-refractivity contribution >= 4 is 10.9 Å². The van der Waals surface area contributed by atoms with Crippen LogP contribution >= 0.6 is 0 Å². The van der Waals surface area contributed by atoms with Gasteiger partial charge in [-0.3, -0.25) is 9.69 Å². The molecule has 0 saturated carbocycles. The third-order valence-electron chi connectivity index (χ3n) is 5.87. The summed E-state index contributed by atoms with van der Waals surface area (Å²) in [5.41, 5.74) is 3.36. The topological polar surface area (TPSA) is 98.2 Å². The maximum Gasteiger partial charge on any atom is 0.252 e. The number of benzene rings is 2. The lowest BCUT2D eigenvalue weighted by Gasteiger charge is -2.25. The van der Waals surface area contributed by atoms with Gasteiger partial charge in [0.2, 0.25) is 6.79 Å². The standard InChI is InChI=1S/C25H28N6O3/c1-16-5-7-17(8-6-16)12-30(14-23-27-28-29-31(23)25(2,3)4)13-19-9-18-10-21-22(34-15-33-21)11-20(18)26-24(19)32/h5-11H,12-15H2,1-4H3,(H,26,32). The van der Waals surface area contributed by atoms with Gasteiger partial charge in [0.1, 0.15) is 0 Å². The van der Waals surface area contributed by atoms with Gasteiger partial charge in [0, 0.05) is 30.1 Å². The average Bonchev–Trinajstić information content (AvgIpc) is 3.43. The van der Waals surface area contributed by atoms with Gasteiger partial charge in [0.15, 0.2) is 17.3 Å². The third kappa shape index (κ3) is 4.51. The van der Waals surface area contributed by atoms with Crippen molar-refractivity contribution < 1.29 is 9.47 Å². The summed E-state index contributed by atoms with van der Waals surface area (Å²) < 4.78 is 12.8. The van der Waals surface area contributed by atoms with E-state index in [0.717, 1.165) is 22.3 Å². The van der Waals surface area contributed by atoms with E-state index in [-0.39, 0.29) is 17.9 Å². The van der Waals surface area contributed by atoms with E-state index in [1.807, 2.05) is 22.9 Å². The van der Waals surface area contributed by atoms with Crippen LogP contribution in [0.2, 0.25) is 0 Å². The summed E-state index contributed by atoms with van der Waals surface area (Å²) in [6.07, 6.45) is 0. The normalized spacial score (nSPS) is 13.2. The molecule has 0 atom stereocenters. The van der Waals surface area contributed by atoms with Crippen molar-refractivity contribution in [3.8, 4) is 11.5 Å². The highest BCUT2D eigenvalue weighted by molar-refractivity contribution is 5.83. The summed E-state index contributed by atoms with van der Waals surface area (Å²) in [5, 5.41) is 13.3. The molecule has 3 heterocycles. The van der Waals surface area contributed by atoms with Gasteiger partial charge in [-0.2, -0.15) is 0 Å². The van der Waals surface area contributed by atoms with Crippen molar-refractivity contribution in [2.75, 3.05) is 6.79 Å². The largest absolute Gasteiger partial charge is 0.454 e. The molecule has 0 fully saturated rings. The van der Waals surface area contributed by atoms with E-state index in [9.17, 15) is 4.79 Å². The van der Waals surface area contributed by atoms with E-state index in [1.165, 1.54) is 5.56 Å². The van der Waals surface area contributed by atoms with Crippen molar-refractivity contribution in [1.29, 1.82) is 0 Å². The molecule has 0 radical (unpaired) electrons. The van der Waals surface area contributed by atoms with Crippen LogP contribution in [0.1, 0.15) is 43.3 Å². The minimum absolute atomic E-state index is 0.129. The lowest BCUT2D eigenvalue weighted by atomic mass is 10.1. The van der Waals surface area contributed by atoms with E-state index in [4.69, 9.17) is 9.47 Å². The fourth-order valence-electron chi connectivity index (χ4n) is 4.14. The van der Waals surface area contributed by atoms with Crippen molar-refractivity contribution in [3.63, 3.8) is 0 Å². The van der Waals surface area contributed by atoms with E-state index in [2.05, 4.69) is 77.4 Å². The summed E-state index contributed by atoms with van der Waals surface area (Å²) in [6, 6.07) is 14.0. The number of nitrogens with zero attached hydrogens (tertiary/aromatic N) is 5. The molecule has 2 aromatic carbocycles. The van der Waals surface area contributed by atoms with Gasteiger partial charge in [0.25, 0.3) is 5.56 Å². The molecule has 2 aromatic heterocycles. The zero-order valence-corrected chi connectivity index (χ0v) is 19.8. The van der Waals surface area contributed by atoms with Crippen LogP contribution in [0, 0.1) is 6.92 Å². The number of ether oxygens (including phenoxy) is 2. The highest BCUT2D eigenvalue weighted by Crippen LogP contribution is 2.35. The zero-order chi connectivity index (χ0) is 23.9. The first kappa shape index (κ1) is 22.1. The first-order valence-electron chi connectivity index (χ1n) is 11.3. The lowest BCUT2D eigenvalue weighted by molar-refractivity contribution is 0.174. The quantitative estimate of drug-likeness (QED) is 0.470. The molecule has 0 saturated heterocycles. The number of fused-ring (bicyclic) bond motifs is 2. The number of hydrogen-bond donors (Lipinski definition) is 1. The highest BCUT2D eigenvalue weighted by Gasteiger charge is 2.22. The number of aromatic nitrogens is 5. The zero-order valence-electron chi connectivity index (χ0n) is 19.8. The summed E-state index contributed by atoms with van der Waals surface area (Å²) in [4.78, 5) is 18.2. The SMILES string of the molecule is Cc1ccc(CN(Cc2cc3cc4c(cc3[nH]c2=O)OCO4)Cc2nnnn2C(C)(C)C)cc1. The molecule has 5 rings (SSSR count). The fourth-order valence-corrected chi connectivity index (χ4v) is 4.14. The predicted octanol–water partition coefficient (Wildman–Crippen LogP) is 3.51. The number of H-pyrrole nitrogens is 1. The van der Waals surface area contributed by atoms with Crippen LogP contribution in [-0.2, 0) is 25.2 Å². The first-order valence-corrected chi connectivity index (χ1v) is 11.3. The van der Waals surface area contributed by atoms with E-state index in [1.54, 1.807) is 0 Å². The van der Waals surface area contributed by atoms with Gasteiger partial charge in [-0.25, -0.2) is 4.68 Å². The number of rotatable bonds is 6. The van der Waals surface area contributed by atoms with E-state index >= 15 is 0 Å². The molecule has 1 aliphatic rings. The van der Waals surface area contributed by atoms with Crippen LogP contribution < -0.4 is 15.0 Å². The second-order valence-corrected chi connectivity index (χ2v) is 9.72. The second-order valence-electron chi connectivity index (χ2n) is 9.72. The number of tetrazole rings is 1. The van der Waals surface area contributed by atoms with Gasteiger partial charge in [-0.1, -0.05) is 29.8 Å². The Morgan fingerprint density at radius 2 is 1.76 bits per heavy atom. The van der Waals surface area contributed by atoms with Gasteiger partial charge in [-0.05, 0) is 55.8 Å². The van der Waals surface area contributed by atoms with Crippen LogP contribution in [0.3, 0.4) is 0 Å². The molecule has 0 amide bonds. The number of nitrogens with one attached hydrogen (secondary N) is 1.